The Bertz CT molecular complexity index is 511. The van der Waals surface area contributed by atoms with Crippen molar-refractivity contribution in [3.63, 3.8) is 0 Å². The van der Waals surface area contributed by atoms with Gasteiger partial charge in [0, 0.05) is 0 Å². The summed E-state index contributed by atoms with van der Waals surface area (Å²) >= 11 is 0. The Hall–Kier alpha value is -1.76. The molecule has 0 spiro atoms. The number of hydrogen-bond acceptors (Lipinski definition) is 1. The Morgan fingerprint density at radius 2 is 1.58 bits per heavy atom. The molecular formula is C18H22O. The molecular weight excluding hydrogens is 232 g/mol. The van der Waals surface area contributed by atoms with Crippen molar-refractivity contribution < 1.29 is 4.74 Å². The van der Waals surface area contributed by atoms with E-state index in [9.17, 15) is 0 Å². The number of rotatable bonds is 5. The maximum atomic E-state index is 5.66. The highest BCUT2D eigenvalue weighted by atomic mass is 16.5. The topological polar surface area (TPSA) is 9.23 Å². The molecule has 0 N–H and O–H groups in total. The summed E-state index contributed by atoms with van der Waals surface area (Å²) in [4.78, 5) is 0. The van der Waals surface area contributed by atoms with Crippen molar-refractivity contribution in [2.24, 2.45) is 0 Å². The molecule has 0 aliphatic carbocycles. The molecule has 0 radical (unpaired) electrons. The van der Waals surface area contributed by atoms with E-state index in [1.165, 1.54) is 16.7 Å². The van der Waals surface area contributed by atoms with Crippen LogP contribution in [0.3, 0.4) is 0 Å². The zero-order chi connectivity index (χ0) is 13.7. The molecule has 2 aromatic carbocycles. The van der Waals surface area contributed by atoms with Crippen LogP contribution in [-0.4, -0.2) is 6.10 Å². The molecule has 0 fully saturated rings. The summed E-state index contributed by atoms with van der Waals surface area (Å²) in [6, 6.07) is 17.2. The summed E-state index contributed by atoms with van der Waals surface area (Å²) in [5, 5.41) is 0. The molecule has 2 rings (SSSR count). The van der Waals surface area contributed by atoms with Crippen LogP contribution in [0.2, 0.25) is 0 Å². The van der Waals surface area contributed by atoms with Crippen LogP contribution in [0.1, 0.15) is 37.5 Å². The number of aryl methyl sites for hydroxylation is 1. The van der Waals surface area contributed by atoms with E-state index in [1.54, 1.807) is 0 Å². The molecule has 0 aliphatic heterocycles. The molecule has 0 heterocycles. The van der Waals surface area contributed by atoms with E-state index in [0.717, 1.165) is 18.6 Å². The van der Waals surface area contributed by atoms with Gasteiger partial charge in [-0.1, -0.05) is 43.3 Å². The van der Waals surface area contributed by atoms with Crippen molar-refractivity contribution >= 4 is 0 Å². The fourth-order valence-electron chi connectivity index (χ4n) is 2.15. The zero-order valence-corrected chi connectivity index (χ0v) is 12.0. The molecule has 0 bridgehead atoms. The van der Waals surface area contributed by atoms with Crippen molar-refractivity contribution in [3.8, 4) is 5.75 Å². The molecule has 100 valence electrons. The second-order valence-corrected chi connectivity index (χ2v) is 5.16. The molecule has 0 atom stereocenters. The predicted molar refractivity (Wildman–Crippen MR) is 80.8 cm³/mol. The SMILES string of the molecule is CCc1cccc(Cc2ccc(OC(C)C)cc2)c1. The van der Waals surface area contributed by atoms with E-state index in [1.807, 2.05) is 13.8 Å². The van der Waals surface area contributed by atoms with Gasteiger partial charge in [-0.05, 0) is 55.5 Å². The largest absolute Gasteiger partial charge is 0.491 e. The van der Waals surface area contributed by atoms with Gasteiger partial charge in [0.25, 0.3) is 0 Å². The third kappa shape index (κ3) is 4.13. The van der Waals surface area contributed by atoms with Gasteiger partial charge in [0.05, 0.1) is 6.10 Å². The van der Waals surface area contributed by atoms with Crippen LogP contribution >= 0.6 is 0 Å². The fourth-order valence-corrected chi connectivity index (χ4v) is 2.15. The summed E-state index contributed by atoms with van der Waals surface area (Å²) in [6.07, 6.45) is 2.30. The molecule has 0 aromatic heterocycles. The van der Waals surface area contributed by atoms with Gasteiger partial charge in [0.1, 0.15) is 5.75 Å². The molecule has 0 saturated carbocycles. The summed E-state index contributed by atoms with van der Waals surface area (Å²) in [7, 11) is 0. The normalized spacial score (nSPS) is 10.7. The third-order valence-corrected chi connectivity index (χ3v) is 3.10. The maximum absolute atomic E-state index is 5.66. The summed E-state index contributed by atoms with van der Waals surface area (Å²) < 4.78 is 5.66. The summed E-state index contributed by atoms with van der Waals surface area (Å²) in [5.74, 6) is 0.945. The Morgan fingerprint density at radius 1 is 0.895 bits per heavy atom. The standard InChI is InChI=1S/C18H22O/c1-4-15-6-5-7-17(12-15)13-16-8-10-18(11-9-16)19-14(2)3/h5-12,14H,4,13H2,1-3H3. The minimum absolute atomic E-state index is 0.229. The van der Waals surface area contributed by atoms with Crippen LogP contribution in [0, 0.1) is 0 Å². The number of benzene rings is 2. The van der Waals surface area contributed by atoms with Crippen molar-refractivity contribution in [2.45, 2.75) is 39.7 Å². The van der Waals surface area contributed by atoms with Crippen molar-refractivity contribution in [3.05, 3.63) is 65.2 Å². The minimum Gasteiger partial charge on any atom is -0.491 e. The quantitative estimate of drug-likeness (QED) is 0.756. The predicted octanol–water partition coefficient (Wildman–Crippen LogP) is 4.63. The fraction of sp³-hybridized carbons (Fsp3) is 0.333. The molecule has 0 saturated heterocycles. The monoisotopic (exact) mass is 254 g/mol. The summed E-state index contributed by atoms with van der Waals surface area (Å²) in [6.45, 7) is 6.28. The Kier molecular flexibility index (Phi) is 4.62. The lowest BCUT2D eigenvalue weighted by atomic mass is 10.0. The van der Waals surface area contributed by atoms with Crippen LogP contribution in [-0.2, 0) is 12.8 Å². The lowest BCUT2D eigenvalue weighted by molar-refractivity contribution is 0.242. The first kappa shape index (κ1) is 13.7. The molecule has 0 aliphatic rings. The molecule has 0 unspecified atom stereocenters. The first-order valence-electron chi connectivity index (χ1n) is 7.01. The minimum atomic E-state index is 0.229. The van der Waals surface area contributed by atoms with Gasteiger partial charge in [-0.25, -0.2) is 0 Å². The molecule has 2 aromatic rings. The van der Waals surface area contributed by atoms with Crippen LogP contribution < -0.4 is 4.74 Å². The van der Waals surface area contributed by atoms with Crippen LogP contribution in [0.15, 0.2) is 48.5 Å². The van der Waals surface area contributed by atoms with Crippen molar-refractivity contribution in [1.82, 2.24) is 0 Å². The van der Waals surface area contributed by atoms with Gasteiger partial charge < -0.3 is 4.74 Å². The highest BCUT2D eigenvalue weighted by Gasteiger charge is 2.00. The van der Waals surface area contributed by atoms with Crippen molar-refractivity contribution in [2.75, 3.05) is 0 Å². The third-order valence-electron chi connectivity index (χ3n) is 3.10. The highest BCUT2D eigenvalue weighted by molar-refractivity contribution is 5.33. The smallest absolute Gasteiger partial charge is 0.119 e. The number of hydrogen-bond donors (Lipinski definition) is 0. The number of ether oxygens (including phenoxy) is 1. The molecule has 1 nitrogen and oxygen atoms in total. The van der Waals surface area contributed by atoms with Gasteiger partial charge >= 0.3 is 0 Å². The Balaban J connectivity index is 2.06. The Morgan fingerprint density at radius 3 is 2.21 bits per heavy atom. The van der Waals surface area contributed by atoms with E-state index in [4.69, 9.17) is 4.74 Å². The van der Waals surface area contributed by atoms with E-state index in [-0.39, 0.29) is 6.10 Å². The second-order valence-electron chi connectivity index (χ2n) is 5.16. The Labute approximate surface area is 116 Å². The van der Waals surface area contributed by atoms with Crippen molar-refractivity contribution in [1.29, 1.82) is 0 Å². The van der Waals surface area contributed by atoms with Gasteiger partial charge in [-0.2, -0.15) is 0 Å². The van der Waals surface area contributed by atoms with Gasteiger partial charge in [0.2, 0.25) is 0 Å². The van der Waals surface area contributed by atoms with E-state index >= 15 is 0 Å². The average molecular weight is 254 g/mol. The maximum Gasteiger partial charge on any atom is 0.119 e. The van der Waals surface area contributed by atoms with Crippen LogP contribution in [0.4, 0.5) is 0 Å². The van der Waals surface area contributed by atoms with E-state index < -0.39 is 0 Å². The van der Waals surface area contributed by atoms with Gasteiger partial charge in [-0.3, -0.25) is 0 Å². The lowest BCUT2D eigenvalue weighted by Gasteiger charge is -2.10. The first-order chi connectivity index (χ1) is 9.17. The lowest BCUT2D eigenvalue weighted by Crippen LogP contribution is -2.05. The zero-order valence-electron chi connectivity index (χ0n) is 12.0. The van der Waals surface area contributed by atoms with E-state index in [0.29, 0.717) is 0 Å². The van der Waals surface area contributed by atoms with Gasteiger partial charge in [-0.15, -0.1) is 0 Å². The van der Waals surface area contributed by atoms with E-state index in [2.05, 4.69) is 55.5 Å². The first-order valence-corrected chi connectivity index (χ1v) is 7.01. The van der Waals surface area contributed by atoms with Crippen LogP contribution in [0.25, 0.3) is 0 Å². The summed E-state index contributed by atoms with van der Waals surface area (Å²) in [5.41, 5.74) is 4.10. The molecule has 19 heavy (non-hydrogen) atoms. The molecule has 0 amide bonds. The second kappa shape index (κ2) is 6.42. The highest BCUT2D eigenvalue weighted by Crippen LogP contribution is 2.17. The average Bonchev–Trinajstić information content (AvgIpc) is 2.41. The van der Waals surface area contributed by atoms with Crippen LogP contribution in [0.5, 0.6) is 5.75 Å². The van der Waals surface area contributed by atoms with Gasteiger partial charge in [0.15, 0.2) is 0 Å². The molecule has 1 heteroatoms.